The van der Waals surface area contributed by atoms with Crippen LogP contribution in [0.15, 0.2) is 0 Å². The summed E-state index contributed by atoms with van der Waals surface area (Å²) in [6.45, 7) is 3.51. The zero-order valence-electron chi connectivity index (χ0n) is 12.2. The number of carbonyl (C=O) groups excluding carboxylic acids is 1. The van der Waals surface area contributed by atoms with Crippen molar-refractivity contribution in [1.82, 2.24) is 5.32 Å². The molecule has 1 fully saturated rings. The average Bonchev–Trinajstić information content (AvgIpc) is 2.89. The summed E-state index contributed by atoms with van der Waals surface area (Å²) >= 11 is 0. The zero-order valence-corrected chi connectivity index (χ0v) is 12.2. The van der Waals surface area contributed by atoms with E-state index in [2.05, 4.69) is 12.2 Å². The van der Waals surface area contributed by atoms with Gasteiger partial charge in [0.15, 0.2) is 6.23 Å². The van der Waals surface area contributed by atoms with Crippen molar-refractivity contribution >= 4 is 6.16 Å². The third-order valence-corrected chi connectivity index (χ3v) is 3.39. The lowest BCUT2D eigenvalue weighted by molar-refractivity contribution is 0.0168. The third-order valence-electron chi connectivity index (χ3n) is 3.39. The molecule has 0 amide bonds. The third kappa shape index (κ3) is 8.87. The molecule has 1 heterocycles. The number of nitrogens with zero attached hydrogens (tertiary/aromatic N) is 1. The van der Waals surface area contributed by atoms with Gasteiger partial charge in [0, 0.05) is 13.0 Å². The summed E-state index contributed by atoms with van der Waals surface area (Å²) in [5, 5.41) is 4.15. The summed E-state index contributed by atoms with van der Waals surface area (Å²) in [4.78, 5) is 11.3. The molecule has 0 aliphatic carbocycles. The van der Waals surface area contributed by atoms with Gasteiger partial charge in [0.2, 0.25) is 0 Å². The molecule has 1 aliphatic rings. The van der Waals surface area contributed by atoms with Crippen molar-refractivity contribution in [1.29, 1.82) is 0 Å². The van der Waals surface area contributed by atoms with Gasteiger partial charge in [-0.05, 0) is 12.8 Å². The van der Waals surface area contributed by atoms with Crippen LogP contribution in [0.25, 0.3) is 0 Å². The molecular formula is C15H28NO3. The van der Waals surface area contributed by atoms with Gasteiger partial charge in [-0.15, -0.1) is 0 Å². The molecule has 0 bridgehead atoms. The first-order chi connectivity index (χ1) is 9.33. The lowest BCUT2D eigenvalue weighted by Crippen LogP contribution is -2.23. The first kappa shape index (κ1) is 16.3. The molecule has 19 heavy (non-hydrogen) atoms. The molecule has 111 valence electrons. The Hall–Kier alpha value is -0.770. The van der Waals surface area contributed by atoms with E-state index in [1.165, 1.54) is 38.5 Å². The highest BCUT2D eigenvalue weighted by Crippen LogP contribution is 2.10. The van der Waals surface area contributed by atoms with Crippen LogP contribution in [0.1, 0.15) is 71.1 Å². The fraction of sp³-hybridized carbons (Fsp3) is 0.933. The lowest BCUT2D eigenvalue weighted by Gasteiger charge is -2.10. The molecule has 1 saturated heterocycles. The number of rotatable bonds is 10. The Morgan fingerprint density at radius 2 is 1.79 bits per heavy atom. The van der Waals surface area contributed by atoms with Crippen LogP contribution < -0.4 is 5.32 Å². The van der Waals surface area contributed by atoms with Crippen molar-refractivity contribution in [2.24, 2.45) is 0 Å². The zero-order chi connectivity index (χ0) is 13.8. The Labute approximate surface area is 117 Å². The smallest absolute Gasteiger partial charge is 0.434 e. The summed E-state index contributed by atoms with van der Waals surface area (Å²) in [7, 11) is 0. The molecule has 0 saturated carbocycles. The molecule has 1 rings (SSSR count). The maximum atomic E-state index is 11.3. The summed E-state index contributed by atoms with van der Waals surface area (Å²) in [6, 6.07) is 0. The molecule has 1 atom stereocenters. The summed E-state index contributed by atoms with van der Waals surface area (Å²) in [5.41, 5.74) is 0. The minimum atomic E-state index is -0.557. The number of hydrogen-bond donors (Lipinski definition) is 0. The molecular weight excluding hydrogens is 242 g/mol. The maximum Gasteiger partial charge on any atom is 0.509 e. The van der Waals surface area contributed by atoms with Crippen LogP contribution in [-0.2, 0) is 9.47 Å². The van der Waals surface area contributed by atoms with Crippen molar-refractivity contribution in [3.63, 3.8) is 0 Å². The minimum Gasteiger partial charge on any atom is -0.434 e. The van der Waals surface area contributed by atoms with Gasteiger partial charge in [-0.3, -0.25) is 0 Å². The topological polar surface area (TPSA) is 49.6 Å². The molecule has 0 aromatic heterocycles. The minimum absolute atomic E-state index is 0.258. The van der Waals surface area contributed by atoms with Crippen LogP contribution in [0.2, 0.25) is 0 Å². The summed E-state index contributed by atoms with van der Waals surface area (Å²) in [5.74, 6) is 0. The van der Waals surface area contributed by atoms with E-state index < -0.39 is 6.16 Å². The first-order valence-corrected chi connectivity index (χ1v) is 7.83. The van der Waals surface area contributed by atoms with E-state index in [9.17, 15) is 4.79 Å². The van der Waals surface area contributed by atoms with Crippen LogP contribution in [0.3, 0.4) is 0 Å². The first-order valence-electron chi connectivity index (χ1n) is 7.83. The van der Waals surface area contributed by atoms with E-state index in [1.807, 2.05) is 0 Å². The Bertz CT molecular complexity index is 227. The molecule has 4 nitrogen and oxygen atoms in total. The van der Waals surface area contributed by atoms with Gasteiger partial charge < -0.3 is 9.47 Å². The van der Waals surface area contributed by atoms with Gasteiger partial charge in [0.1, 0.15) is 0 Å². The van der Waals surface area contributed by atoms with Gasteiger partial charge in [0.25, 0.3) is 0 Å². The maximum absolute atomic E-state index is 11.3. The number of carbonyl (C=O) groups is 1. The van der Waals surface area contributed by atoms with E-state index in [-0.39, 0.29) is 6.23 Å². The molecule has 0 aromatic carbocycles. The van der Waals surface area contributed by atoms with E-state index in [0.29, 0.717) is 6.61 Å². The van der Waals surface area contributed by atoms with Crippen molar-refractivity contribution in [2.45, 2.75) is 77.4 Å². The standard InChI is InChI=1S/C15H28NO3/c1-2-3-4-5-6-7-8-9-13-18-15(17)19-14-11-10-12-16-14/h14H,2-13H2,1H3. The fourth-order valence-corrected chi connectivity index (χ4v) is 2.23. The predicted molar refractivity (Wildman–Crippen MR) is 75.1 cm³/mol. The Morgan fingerprint density at radius 3 is 2.42 bits per heavy atom. The molecule has 4 heteroatoms. The molecule has 0 aromatic rings. The molecule has 1 radical (unpaired) electrons. The predicted octanol–water partition coefficient (Wildman–Crippen LogP) is 4.00. The number of unbranched alkanes of at least 4 members (excludes halogenated alkanes) is 7. The van der Waals surface area contributed by atoms with Crippen LogP contribution in [-0.4, -0.2) is 25.5 Å². The Morgan fingerprint density at radius 1 is 1.11 bits per heavy atom. The van der Waals surface area contributed by atoms with Crippen molar-refractivity contribution < 1.29 is 14.3 Å². The van der Waals surface area contributed by atoms with Crippen molar-refractivity contribution in [2.75, 3.05) is 13.2 Å². The second kappa shape index (κ2) is 11.1. The normalized spacial score (nSPS) is 18.5. The fourth-order valence-electron chi connectivity index (χ4n) is 2.23. The lowest BCUT2D eigenvalue weighted by atomic mass is 10.1. The van der Waals surface area contributed by atoms with Crippen LogP contribution in [0.4, 0.5) is 4.79 Å². The SMILES string of the molecule is CCCCCCCCCCOC(=O)OC1CCC[N]1. The van der Waals surface area contributed by atoms with Crippen LogP contribution in [0.5, 0.6) is 0 Å². The molecule has 0 spiro atoms. The highest BCUT2D eigenvalue weighted by atomic mass is 16.7. The largest absolute Gasteiger partial charge is 0.509 e. The number of ether oxygens (including phenoxy) is 2. The average molecular weight is 270 g/mol. The second-order valence-corrected chi connectivity index (χ2v) is 5.19. The molecule has 0 N–H and O–H groups in total. The number of hydrogen-bond acceptors (Lipinski definition) is 3. The second-order valence-electron chi connectivity index (χ2n) is 5.19. The van der Waals surface area contributed by atoms with Gasteiger partial charge in [0.05, 0.1) is 6.61 Å². The summed E-state index contributed by atoms with van der Waals surface area (Å²) in [6.07, 6.45) is 11.0. The van der Waals surface area contributed by atoms with Gasteiger partial charge in [-0.1, -0.05) is 51.9 Å². The van der Waals surface area contributed by atoms with E-state index >= 15 is 0 Å². The Balaban J connectivity index is 1.80. The van der Waals surface area contributed by atoms with E-state index in [0.717, 1.165) is 32.2 Å². The van der Waals surface area contributed by atoms with Crippen LogP contribution in [0, 0.1) is 0 Å². The Kier molecular flexibility index (Phi) is 9.51. The van der Waals surface area contributed by atoms with E-state index in [4.69, 9.17) is 9.47 Å². The van der Waals surface area contributed by atoms with Crippen molar-refractivity contribution in [3.05, 3.63) is 0 Å². The van der Waals surface area contributed by atoms with Crippen molar-refractivity contribution in [3.8, 4) is 0 Å². The van der Waals surface area contributed by atoms with E-state index in [1.54, 1.807) is 0 Å². The van der Waals surface area contributed by atoms with Gasteiger partial charge >= 0.3 is 6.16 Å². The molecule has 1 aliphatic heterocycles. The van der Waals surface area contributed by atoms with Gasteiger partial charge in [-0.2, -0.15) is 0 Å². The van der Waals surface area contributed by atoms with Crippen LogP contribution >= 0.6 is 0 Å². The monoisotopic (exact) mass is 270 g/mol. The quantitative estimate of drug-likeness (QED) is 0.445. The summed E-state index contributed by atoms with van der Waals surface area (Å²) < 4.78 is 10.1. The highest BCUT2D eigenvalue weighted by molar-refractivity contribution is 5.60. The highest BCUT2D eigenvalue weighted by Gasteiger charge is 2.20. The molecule has 1 unspecified atom stereocenters. The van der Waals surface area contributed by atoms with Gasteiger partial charge in [-0.25, -0.2) is 10.1 Å².